The van der Waals surface area contributed by atoms with E-state index in [-0.39, 0.29) is 18.9 Å². The third kappa shape index (κ3) is 6.30. The molecule has 2 aromatic rings. The fourth-order valence-corrected chi connectivity index (χ4v) is 3.33. The molecule has 4 unspecified atom stereocenters. The quantitative estimate of drug-likeness (QED) is 0.290. The van der Waals surface area contributed by atoms with E-state index in [1.165, 1.54) is 6.92 Å². The van der Waals surface area contributed by atoms with Crippen LogP contribution in [0.4, 0.5) is 0 Å². The van der Waals surface area contributed by atoms with E-state index in [1.54, 1.807) is 13.1 Å². The van der Waals surface area contributed by atoms with Crippen molar-refractivity contribution in [2.45, 2.75) is 51.7 Å². The van der Waals surface area contributed by atoms with Crippen LogP contribution < -0.4 is 21.7 Å². The van der Waals surface area contributed by atoms with Gasteiger partial charge in [-0.3, -0.25) is 14.4 Å². The van der Waals surface area contributed by atoms with Crippen molar-refractivity contribution in [2.75, 3.05) is 6.54 Å². The SMILES string of the molecule is CCC(C)C(NC(=O)C(C)NC(=O)CN)C(=O)NC(Cc1c[nH]c2ccccc12)C(=O)O. The molecule has 0 spiro atoms. The normalized spacial score (nSPS) is 14.8. The Morgan fingerprint density at radius 3 is 2.38 bits per heavy atom. The Labute approximate surface area is 186 Å². The van der Waals surface area contributed by atoms with Crippen molar-refractivity contribution in [1.29, 1.82) is 0 Å². The summed E-state index contributed by atoms with van der Waals surface area (Å²) in [6.45, 7) is 4.85. The molecule has 0 saturated heterocycles. The van der Waals surface area contributed by atoms with Gasteiger partial charge in [-0.25, -0.2) is 4.79 Å². The number of amides is 3. The van der Waals surface area contributed by atoms with Gasteiger partial charge in [-0.15, -0.1) is 0 Å². The third-order valence-electron chi connectivity index (χ3n) is 5.46. The van der Waals surface area contributed by atoms with E-state index in [0.717, 1.165) is 16.5 Å². The summed E-state index contributed by atoms with van der Waals surface area (Å²) in [6, 6.07) is 4.44. The van der Waals surface area contributed by atoms with E-state index in [2.05, 4.69) is 20.9 Å². The number of fused-ring (bicyclic) bond motifs is 1. The zero-order valence-electron chi connectivity index (χ0n) is 18.5. The fraction of sp³-hybridized carbons (Fsp3) is 0.455. The first-order valence-corrected chi connectivity index (χ1v) is 10.6. The number of aliphatic carboxylic acids is 1. The Hall–Kier alpha value is -3.40. The maximum absolute atomic E-state index is 13.0. The van der Waals surface area contributed by atoms with Gasteiger partial charge in [-0.1, -0.05) is 38.5 Å². The first-order chi connectivity index (χ1) is 15.2. The minimum atomic E-state index is -1.18. The van der Waals surface area contributed by atoms with E-state index in [0.29, 0.717) is 6.42 Å². The molecule has 1 heterocycles. The topological polar surface area (TPSA) is 166 Å². The van der Waals surface area contributed by atoms with E-state index in [4.69, 9.17) is 5.73 Å². The monoisotopic (exact) mass is 445 g/mol. The fourth-order valence-electron chi connectivity index (χ4n) is 3.33. The first-order valence-electron chi connectivity index (χ1n) is 10.6. The minimum Gasteiger partial charge on any atom is -0.480 e. The number of aromatic nitrogens is 1. The number of nitrogens with two attached hydrogens (primary N) is 1. The van der Waals surface area contributed by atoms with E-state index in [9.17, 15) is 24.3 Å². The molecule has 0 aliphatic rings. The van der Waals surface area contributed by atoms with Crippen molar-refractivity contribution in [3.8, 4) is 0 Å². The molecule has 4 atom stereocenters. The van der Waals surface area contributed by atoms with Crippen LogP contribution in [0, 0.1) is 5.92 Å². The summed E-state index contributed by atoms with van der Waals surface area (Å²) in [6.07, 6.45) is 2.37. The largest absolute Gasteiger partial charge is 0.480 e. The summed E-state index contributed by atoms with van der Waals surface area (Å²) >= 11 is 0. The van der Waals surface area contributed by atoms with Crippen LogP contribution in [0.25, 0.3) is 10.9 Å². The molecule has 0 saturated carbocycles. The maximum atomic E-state index is 13.0. The zero-order valence-corrected chi connectivity index (χ0v) is 18.5. The lowest BCUT2D eigenvalue weighted by Gasteiger charge is -2.27. The third-order valence-corrected chi connectivity index (χ3v) is 5.46. The number of carboxylic acids is 1. The number of aromatic amines is 1. The Morgan fingerprint density at radius 1 is 1.06 bits per heavy atom. The summed E-state index contributed by atoms with van der Waals surface area (Å²) in [5, 5.41) is 18.2. The Kier molecular flexibility index (Phi) is 8.77. The molecule has 7 N–H and O–H groups in total. The lowest BCUT2D eigenvalue weighted by molar-refractivity contribution is -0.142. The molecule has 10 nitrogen and oxygen atoms in total. The van der Waals surface area contributed by atoms with Crippen LogP contribution in [0.5, 0.6) is 0 Å². The van der Waals surface area contributed by atoms with Crippen molar-refractivity contribution in [3.05, 3.63) is 36.0 Å². The average Bonchev–Trinajstić information content (AvgIpc) is 3.18. The van der Waals surface area contributed by atoms with Crippen LogP contribution in [0.15, 0.2) is 30.5 Å². The van der Waals surface area contributed by atoms with Gasteiger partial charge in [-0.05, 0) is 24.5 Å². The van der Waals surface area contributed by atoms with Crippen LogP contribution in [0.2, 0.25) is 0 Å². The van der Waals surface area contributed by atoms with Crippen molar-refractivity contribution >= 4 is 34.6 Å². The summed E-state index contributed by atoms with van der Waals surface area (Å²) < 4.78 is 0. The number of benzene rings is 1. The molecule has 174 valence electrons. The van der Waals surface area contributed by atoms with Gasteiger partial charge in [0.15, 0.2) is 0 Å². The first kappa shape index (κ1) is 24.9. The minimum absolute atomic E-state index is 0.0786. The Balaban J connectivity index is 2.14. The Morgan fingerprint density at radius 2 is 1.75 bits per heavy atom. The highest BCUT2D eigenvalue weighted by molar-refractivity contribution is 5.94. The number of nitrogens with one attached hydrogen (secondary N) is 4. The molecule has 10 heteroatoms. The summed E-state index contributed by atoms with van der Waals surface area (Å²) in [5.74, 6) is -3.10. The van der Waals surface area contributed by atoms with Gasteiger partial charge in [0, 0.05) is 23.5 Å². The van der Waals surface area contributed by atoms with Crippen molar-refractivity contribution < 1.29 is 24.3 Å². The number of hydrogen-bond acceptors (Lipinski definition) is 5. The zero-order chi connectivity index (χ0) is 23.8. The Bertz CT molecular complexity index is 973. The smallest absolute Gasteiger partial charge is 0.326 e. The van der Waals surface area contributed by atoms with Crippen LogP contribution in [-0.2, 0) is 25.6 Å². The molecule has 0 aliphatic carbocycles. The molecule has 1 aromatic carbocycles. The maximum Gasteiger partial charge on any atom is 0.326 e. The van der Waals surface area contributed by atoms with Gasteiger partial charge < -0.3 is 31.8 Å². The predicted molar refractivity (Wildman–Crippen MR) is 120 cm³/mol. The number of carboxylic acid groups (broad SMARTS) is 1. The predicted octanol–water partition coefficient (Wildman–Crippen LogP) is 0.274. The average molecular weight is 446 g/mol. The van der Waals surface area contributed by atoms with E-state index < -0.39 is 41.8 Å². The molecule has 0 bridgehead atoms. The second-order valence-electron chi connectivity index (χ2n) is 7.83. The van der Waals surface area contributed by atoms with Crippen molar-refractivity contribution in [2.24, 2.45) is 11.7 Å². The lowest BCUT2D eigenvalue weighted by atomic mass is 9.97. The standard InChI is InChI=1S/C22H31N5O5/c1-4-12(2)19(27-20(29)13(3)25-18(28)10-23)21(30)26-17(22(31)32)9-14-11-24-16-8-6-5-7-15(14)16/h5-8,11-13,17,19,24H,4,9-10,23H2,1-3H3,(H,25,28)(H,26,30)(H,27,29)(H,31,32). The lowest BCUT2D eigenvalue weighted by Crippen LogP contribution is -2.57. The molecule has 0 aliphatic heterocycles. The highest BCUT2D eigenvalue weighted by Gasteiger charge is 2.31. The molecule has 0 radical (unpaired) electrons. The second-order valence-corrected chi connectivity index (χ2v) is 7.83. The van der Waals surface area contributed by atoms with Crippen molar-refractivity contribution in [1.82, 2.24) is 20.9 Å². The summed E-state index contributed by atoms with van der Waals surface area (Å²) in [5.41, 5.74) is 6.88. The van der Waals surface area contributed by atoms with Crippen LogP contribution >= 0.6 is 0 Å². The number of carbonyl (C=O) groups is 4. The van der Waals surface area contributed by atoms with Gasteiger partial charge in [0.25, 0.3) is 0 Å². The van der Waals surface area contributed by atoms with E-state index >= 15 is 0 Å². The molecular weight excluding hydrogens is 414 g/mol. The molecule has 0 fully saturated rings. The molecule has 1 aromatic heterocycles. The molecule has 2 rings (SSSR count). The highest BCUT2D eigenvalue weighted by atomic mass is 16.4. The van der Waals surface area contributed by atoms with Gasteiger partial charge in [0.05, 0.1) is 6.54 Å². The van der Waals surface area contributed by atoms with Crippen LogP contribution in [0.1, 0.15) is 32.8 Å². The number of carbonyl (C=O) groups excluding carboxylic acids is 3. The molecular formula is C22H31N5O5. The summed E-state index contributed by atoms with van der Waals surface area (Å²) in [7, 11) is 0. The van der Waals surface area contributed by atoms with Crippen molar-refractivity contribution in [3.63, 3.8) is 0 Å². The summed E-state index contributed by atoms with van der Waals surface area (Å²) in [4.78, 5) is 51.9. The highest BCUT2D eigenvalue weighted by Crippen LogP contribution is 2.19. The van der Waals surface area contributed by atoms with Crippen LogP contribution in [0.3, 0.4) is 0 Å². The van der Waals surface area contributed by atoms with Gasteiger partial charge in [-0.2, -0.15) is 0 Å². The van der Waals surface area contributed by atoms with Gasteiger partial charge in [0.1, 0.15) is 18.1 Å². The van der Waals surface area contributed by atoms with Crippen LogP contribution in [-0.4, -0.2) is 58.5 Å². The van der Waals surface area contributed by atoms with Gasteiger partial charge >= 0.3 is 5.97 Å². The number of H-pyrrole nitrogens is 1. The van der Waals surface area contributed by atoms with Gasteiger partial charge in [0.2, 0.25) is 17.7 Å². The number of hydrogen-bond donors (Lipinski definition) is 6. The molecule has 32 heavy (non-hydrogen) atoms. The second kappa shape index (κ2) is 11.3. The number of rotatable bonds is 11. The van der Waals surface area contributed by atoms with E-state index in [1.807, 2.05) is 31.2 Å². The molecule has 3 amide bonds. The number of para-hydroxylation sites is 1.